The van der Waals surface area contributed by atoms with Crippen LogP contribution < -0.4 is 0 Å². The maximum Gasteiger partial charge on any atom is 0.148 e. The Morgan fingerprint density at radius 2 is 1.94 bits per heavy atom. The normalized spacial score (nSPS) is 23.5. The van der Waals surface area contributed by atoms with E-state index in [0.717, 1.165) is 25.9 Å². The van der Waals surface area contributed by atoms with Crippen LogP contribution in [0.25, 0.3) is 0 Å². The summed E-state index contributed by atoms with van der Waals surface area (Å²) in [5.41, 5.74) is -0.0794. The molecule has 0 N–H and O–H groups in total. The first kappa shape index (κ1) is 14.9. The van der Waals surface area contributed by atoms with Gasteiger partial charge >= 0.3 is 0 Å². The lowest BCUT2D eigenvalue weighted by molar-refractivity contribution is -0.119. The quantitative estimate of drug-likeness (QED) is 0.750. The van der Waals surface area contributed by atoms with Gasteiger partial charge in [-0.2, -0.15) is 0 Å². The molecule has 0 spiro atoms. The summed E-state index contributed by atoms with van der Waals surface area (Å²) < 4.78 is 28.5. The minimum Gasteiger partial charge on any atom is -0.372 e. The van der Waals surface area contributed by atoms with Crippen LogP contribution in [-0.4, -0.2) is 56.7 Å². The Bertz CT molecular complexity index is 336. The largest absolute Gasteiger partial charge is 0.372 e. The molecule has 17 heavy (non-hydrogen) atoms. The van der Waals surface area contributed by atoms with E-state index < -0.39 is 9.84 Å². The van der Waals surface area contributed by atoms with E-state index in [-0.39, 0.29) is 17.4 Å². The molecule has 0 aliphatic carbocycles. The molecule has 102 valence electrons. The summed E-state index contributed by atoms with van der Waals surface area (Å²) in [7, 11) is -2.91. The summed E-state index contributed by atoms with van der Waals surface area (Å²) in [5, 5.41) is 0. The third kappa shape index (κ3) is 4.23. The van der Waals surface area contributed by atoms with Gasteiger partial charge in [-0.15, -0.1) is 0 Å². The highest BCUT2D eigenvalue weighted by Gasteiger charge is 2.35. The van der Waals surface area contributed by atoms with Gasteiger partial charge < -0.3 is 4.74 Å². The van der Waals surface area contributed by atoms with Crippen molar-refractivity contribution >= 4 is 9.84 Å². The van der Waals surface area contributed by atoms with Crippen LogP contribution in [0.4, 0.5) is 0 Å². The molecule has 0 amide bonds. The van der Waals surface area contributed by atoms with Crippen LogP contribution in [-0.2, 0) is 14.6 Å². The van der Waals surface area contributed by atoms with Crippen LogP contribution in [0, 0.1) is 0 Å². The Hall–Kier alpha value is -0.130. The monoisotopic (exact) mass is 263 g/mol. The summed E-state index contributed by atoms with van der Waals surface area (Å²) in [6, 6.07) is 0.0753. The molecule has 1 saturated heterocycles. The van der Waals surface area contributed by atoms with Gasteiger partial charge in [-0.25, -0.2) is 8.42 Å². The molecule has 1 heterocycles. The Morgan fingerprint density at radius 3 is 2.41 bits per heavy atom. The molecular weight excluding hydrogens is 238 g/mol. The fourth-order valence-electron chi connectivity index (χ4n) is 2.47. The molecule has 0 aromatic rings. The molecular formula is C12H25NO3S. The van der Waals surface area contributed by atoms with Crippen molar-refractivity contribution < 1.29 is 13.2 Å². The van der Waals surface area contributed by atoms with Crippen molar-refractivity contribution in [2.75, 3.05) is 31.7 Å². The highest BCUT2D eigenvalue weighted by atomic mass is 32.2. The highest BCUT2D eigenvalue weighted by molar-refractivity contribution is 7.90. The van der Waals surface area contributed by atoms with E-state index >= 15 is 0 Å². The maximum absolute atomic E-state index is 11.3. The number of morpholine rings is 1. The predicted octanol–water partition coefficient (Wildman–Crippen LogP) is 1.31. The van der Waals surface area contributed by atoms with Gasteiger partial charge in [0.05, 0.1) is 18.0 Å². The number of hydrogen-bond acceptors (Lipinski definition) is 4. The number of nitrogens with zero attached hydrogens (tertiary/aromatic N) is 1. The molecule has 0 aromatic heterocycles. The minimum absolute atomic E-state index is 0.0753. The topological polar surface area (TPSA) is 46.6 Å². The molecule has 1 rings (SSSR count). The third-order valence-corrected chi connectivity index (χ3v) is 4.82. The van der Waals surface area contributed by atoms with Gasteiger partial charge in [0.1, 0.15) is 9.84 Å². The first-order valence-corrected chi connectivity index (χ1v) is 8.43. The molecule has 1 fully saturated rings. The van der Waals surface area contributed by atoms with Gasteiger partial charge in [0, 0.05) is 25.4 Å². The smallest absolute Gasteiger partial charge is 0.148 e. The summed E-state index contributed by atoms with van der Waals surface area (Å²) in [6.07, 6.45) is 3.26. The zero-order valence-electron chi connectivity index (χ0n) is 11.4. The van der Waals surface area contributed by atoms with Crippen molar-refractivity contribution in [3.05, 3.63) is 0 Å². The summed E-state index contributed by atoms with van der Waals surface area (Å²) in [5.74, 6) is 0.233. The molecule has 1 unspecified atom stereocenters. The van der Waals surface area contributed by atoms with Crippen LogP contribution in [0.3, 0.4) is 0 Å². The van der Waals surface area contributed by atoms with Gasteiger partial charge in [0.15, 0.2) is 0 Å². The SMILES string of the molecule is CCC1(CC)CN(C(C)CS(C)(=O)=O)CCO1. The van der Waals surface area contributed by atoms with Crippen molar-refractivity contribution in [2.24, 2.45) is 0 Å². The van der Waals surface area contributed by atoms with Crippen molar-refractivity contribution in [1.82, 2.24) is 4.90 Å². The second-order valence-electron chi connectivity index (χ2n) is 5.15. The molecule has 0 saturated carbocycles. The van der Waals surface area contributed by atoms with E-state index in [0.29, 0.717) is 6.61 Å². The number of rotatable bonds is 5. The van der Waals surface area contributed by atoms with Crippen LogP contribution in [0.2, 0.25) is 0 Å². The fourth-order valence-corrected chi connectivity index (χ4v) is 3.56. The van der Waals surface area contributed by atoms with E-state index in [1.54, 1.807) is 0 Å². The third-order valence-electron chi connectivity index (χ3n) is 3.73. The molecule has 0 bridgehead atoms. The molecule has 1 aliphatic rings. The first-order chi connectivity index (χ1) is 7.82. The number of sulfone groups is 1. The van der Waals surface area contributed by atoms with Crippen LogP contribution in [0.1, 0.15) is 33.6 Å². The van der Waals surface area contributed by atoms with E-state index in [2.05, 4.69) is 18.7 Å². The molecule has 4 nitrogen and oxygen atoms in total. The summed E-state index contributed by atoms with van der Waals surface area (Å²) in [4.78, 5) is 2.25. The summed E-state index contributed by atoms with van der Waals surface area (Å²) in [6.45, 7) is 8.63. The lowest BCUT2D eigenvalue weighted by atomic mass is 9.94. The van der Waals surface area contributed by atoms with Gasteiger partial charge in [0.25, 0.3) is 0 Å². The van der Waals surface area contributed by atoms with E-state index in [1.807, 2.05) is 6.92 Å². The van der Waals surface area contributed by atoms with Crippen LogP contribution >= 0.6 is 0 Å². The van der Waals surface area contributed by atoms with Crippen LogP contribution in [0.15, 0.2) is 0 Å². The zero-order valence-corrected chi connectivity index (χ0v) is 12.2. The number of hydrogen-bond donors (Lipinski definition) is 0. The van der Waals surface area contributed by atoms with Crippen molar-refractivity contribution in [2.45, 2.75) is 45.3 Å². The second-order valence-corrected chi connectivity index (χ2v) is 7.34. The predicted molar refractivity (Wildman–Crippen MR) is 70.0 cm³/mol. The Kier molecular flexibility index (Phi) is 4.98. The maximum atomic E-state index is 11.3. The molecule has 0 aromatic carbocycles. The van der Waals surface area contributed by atoms with Crippen LogP contribution in [0.5, 0.6) is 0 Å². The van der Waals surface area contributed by atoms with E-state index in [9.17, 15) is 8.42 Å². The van der Waals surface area contributed by atoms with Crippen molar-refractivity contribution in [3.63, 3.8) is 0 Å². The van der Waals surface area contributed by atoms with Gasteiger partial charge in [-0.05, 0) is 19.8 Å². The Balaban J connectivity index is 2.66. The zero-order chi connectivity index (χ0) is 13.1. The Labute approximate surface area is 105 Å². The molecule has 5 heteroatoms. The van der Waals surface area contributed by atoms with Gasteiger partial charge in [-0.1, -0.05) is 13.8 Å². The lowest BCUT2D eigenvalue weighted by Crippen LogP contribution is -2.55. The van der Waals surface area contributed by atoms with Crippen molar-refractivity contribution in [3.8, 4) is 0 Å². The second kappa shape index (κ2) is 5.67. The minimum atomic E-state index is -2.91. The highest BCUT2D eigenvalue weighted by Crippen LogP contribution is 2.26. The van der Waals surface area contributed by atoms with E-state index in [1.165, 1.54) is 6.26 Å². The lowest BCUT2D eigenvalue weighted by Gasteiger charge is -2.44. The molecule has 1 atom stereocenters. The average molecular weight is 263 g/mol. The fraction of sp³-hybridized carbons (Fsp3) is 1.00. The summed E-state index contributed by atoms with van der Waals surface area (Å²) >= 11 is 0. The van der Waals surface area contributed by atoms with E-state index in [4.69, 9.17) is 4.74 Å². The first-order valence-electron chi connectivity index (χ1n) is 6.37. The van der Waals surface area contributed by atoms with Gasteiger partial charge in [-0.3, -0.25) is 4.90 Å². The Morgan fingerprint density at radius 1 is 1.35 bits per heavy atom. The van der Waals surface area contributed by atoms with Crippen molar-refractivity contribution in [1.29, 1.82) is 0 Å². The number of ether oxygens (including phenoxy) is 1. The van der Waals surface area contributed by atoms with Gasteiger partial charge in [0.2, 0.25) is 0 Å². The molecule has 1 aliphatic heterocycles. The standard InChI is InChI=1S/C12H25NO3S/c1-5-12(6-2)10-13(7-8-16-12)11(3)9-17(4,14)15/h11H,5-10H2,1-4H3. The average Bonchev–Trinajstić information content (AvgIpc) is 2.27. The molecule has 0 radical (unpaired) electrons.